The second kappa shape index (κ2) is 8.45. The molecule has 1 unspecified atom stereocenters. The average Bonchev–Trinajstić information content (AvgIpc) is 3.45. The summed E-state index contributed by atoms with van der Waals surface area (Å²) in [6.45, 7) is 5.24. The number of hydrogen-bond acceptors (Lipinski definition) is 6. The van der Waals surface area contributed by atoms with Crippen LogP contribution in [0.3, 0.4) is 0 Å². The van der Waals surface area contributed by atoms with Gasteiger partial charge in [0, 0.05) is 44.0 Å². The van der Waals surface area contributed by atoms with E-state index in [2.05, 4.69) is 38.4 Å². The molecule has 2 saturated heterocycles. The third-order valence-electron chi connectivity index (χ3n) is 6.32. The van der Waals surface area contributed by atoms with Gasteiger partial charge in [-0.2, -0.15) is 0 Å². The van der Waals surface area contributed by atoms with E-state index in [0.717, 1.165) is 68.3 Å². The van der Waals surface area contributed by atoms with E-state index in [0.29, 0.717) is 18.3 Å². The summed E-state index contributed by atoms with van der Waals surface area (Å²) in [6.07, 6.45) is 7.17. The molecule has 158 valence electrons. The Balaban J connectivity index is 1.44. The lowest BCUT2D eigenvalue weighted by Gasteiger charge is -2.25. The summed E-state index contributed by atoms with van der Waals surface area (Å²) >= 11 is 1.59. The van der Waals surface area contributed by atoms with Gasteiger partial charge in [-0.3, -0.25) is 19.1 Å². The van der Waals surface area contributed by atoms with E-state index in [-0.39, 0.29) is 5.91 Å². The molecule has 3 aromatic rings. The van der Waals surface area contributed by atoms with Gasteiger partial charge in [0.05, 0.1) is 17.4 Å². The summed E-state index contributed by atoms with van der Waals surface area (Å²) in [6, 6.07) is 6.42. The lowest BCUT2D eigenvalue weighted by molar-refractivity contribution is 0.0754. The van der Waals surface area contributed by atoms with Crippen molar-refractivity contribution in [2.75, 3.05) is 39.8 Å². The second-order valence-corrected chi connectivity index (χ2v) is 9.17. The standard InChI is InChI=1S/C22H28N6OS/c1-25-9-5-11-26(13-12-25)21(29)20-19(28-14-15-30-22(28)24-20)16-27-10-4-7-18(27)17-6-2-3-8-23-17/h2-3,6,8,14-15,18H,4-5,7,9-13,16H2,1H3. The van der Waals surface area contributed by atoms with E-state index in [1.807, 2.05) is 28.7 Å². The lowest BCUT2D eigenvalue weighted by atomic mass is 10.1. The van der Waals surface area contributed by atoms with E-state index in [1.54, 1.807) is 11.3 Å². The fraction of sp³-hybridized carbons (Fsp3) is 0.500. The smallest absolute Gasteiger partial charge is 0.274 e. The number of nitrogens with zero attached hydrogens (tertiary/aromatic N) is 6. The normalized spacial score (nSPS) is 21.4. The summed E-state index contributed by atoms with van der Waals surface area (Å²) in [4.78, 5) is 30.5. The Bertz CT molecular complexity index is 1020. The van der Waals surface area contributed by atoms with Crippen LogP contribution in [0.25, 0.3) is 4.96 Å². The first-order valence-electron chi connectivity index (χ1n) is 10.8. The molecule has 30 heavy (non-hydrogen) atoms. The third-order valence-corrected chi connectivity index (χ3v) is 7.07. The van der Waals surface area contributed by atoms with Gasteiger partial charge in [-0.15, -0.1) is 11.3 Å². The van der Waals surface area contributed by atoms with Gasteiger partial charge in [0.1, 0.15) is 0 Å². The third kappa shape index (κ3) is 3.75. The highest BCUT2D eigenvalue weighted by molar-refractivity contribution is 7.15. The van der Waals surface area contributed by atoms with Crippen LogP contribution in [-0.2, 0) is 6.54 Å². The number of imidazole rings is 1. The Morgan fingerprint density at radius 3 is 2.97 bits per heavy atom. The quantitative estimate of drug-likeness (QED) is 0.645. The topological polar surface area (TPSA) is 57.0 Å². The molecular weight excluding hydrogens is 396 g/mol. The molecule has 0 saturated carbocycles. The second-order valence-electron chi connectivity index (χ2n) is 8.29. The van der Waals surface area contributed by atoms with Crippen molar-refractivity contribution in [3.63, 3.8) is 0 Å². The molecule has 0 spiro atoms. The number of likely N-dealkylation sites (tertiary alicyclic amines) is 1. The van der Waals surface area contributed by atoms with Crippen LogP contribution in [0.4, 0.5) is 0 Å². The number of hydrogen-bond donors (Lipinski definition) is 0. The molecule has 5 heterocycles. The molecule has 3 aromatic heterocycles. The minimum atomic E-state index is 0.0739. The fourth-order valence-corrected chi connectivity index (χ4v) is 5.40. The maximum Gasteiger partial charge on any atom is 0.274 e. The molecule has 8 heteroatoms. The average molecular weight is 425 g/mol. The number of carbonyl (C=O) groups excluding carboxylic acids is 1. The Morgan fingerprint density at radius 2 is 2.10 bits per heavy atom. The number of pyridine rings is 1. The van der Waals surface area contributed by atoms with Crippen LogP contribution in [-0.4, -0.2) is 74.7 Å². The number of fused-ring (bicyclic) bond motifs is 1. The molecule has 1 amide bonds. The number of thiazole rings is 1. The minimum Gasteiger partial charge on any atom is -0.336 e. The van der Waals surface area contributed by atoms with Crippen molar-refractivity contribution in [3.05, 3.63) is 53.1 Å². The first-order chi connectivity index (χ1) is 14.7. The predicted molar refractivity (Wildman–Crippen MR) is 118 cm³/mol. The van der Waals surface area contributed by atoms with Crippen LogP contribution in [0.2, 0.25) is 0 Å². The number of aromatic nitrogens is 3. The molecule has 0 N–H and O–H groups in total. The van der Waals surface area contributed by atoms with Crippen LogP contribution in [0.5, 0.6) is 0 Å². The highest BCUT2D eigenvalue weighted by Gasteiger charge is 2.31. The summed E-state index contributed by atoms with van der Waals surface area (Å²) in [5, 5.41) is 2.04. The SMILES string of the molecule is CN1CCCN(C(=O)c2nc3sccn3c2CN2CCCC2c2ccccn2)CC1. The van der Waals surface area contributed by atoms with Gasteiger partial charge in [-0.05, 0) is 51.5 Å². The minimum absolute atomic E-state index is 0.0739. The van der Waals surface area contributed by atoms with Gasteiger partial charge in [-0.25, -0.2) is 4.98 Å². The molecular formula is C22H28N6OS. The van der Waals surface area contributed by atoms with Gasteiger partial charge in [0.15, 0.2) is 10.7 Å². The maximum absolute atomic E-state index is 13.5. The molecule has 7 nitrogen and oxygen atoms in total. The molecule has 0 aliphatic carbocycles. The van der Waals surface area contributed by atoms with Gasteiger partial charge in [0.2, 0.25) is 0 Å². The van der Waals surface area contributed by atoms with Crippen LogP contribution >= 0.6 is 11.3 Å². The lowest BCUT2D eigenvalue weighted by Crippen LogP contribution is -2.35. The number of rotatable bonds is 4. The Morgan fingerprint density at radius 1 is 1.17 bits per heavy atom. The van der Waals surface area contributed by atoms with Gasteiger partial charge < -0.3 is 9.80 Å². The first-order valence-corrected chi connectivity index (χ1v) is 11.7. The summed E-state index contributed by atoms with van der Waals surface area (Å²) in [5.41, 5.74) is 2.75. The molecule has 5 rings (SSSR count). The van der Waals surface area contributed by atoms with Crippen LogP contribution in [0, 0.1) is 0 Å². The molecule has 0 radical (unpaired) electrons. The van der Waals surface area contributed by atoms with E-state index in [9.17, 15) is 4.79 Å². The van der Waals surface area contributed by atoms with Crippen molar-refractivity contribution in [1.29, 1.82) is 0 Å². The molecule has 0 bridgehead atoms. The zero-order valence-electron chi connectivity index (χ0n) is 17.4. The number of likely N-dealkylation sites (N-methyl/N-ethyl adjacent to an activating group) is 1. The van der Waals surface area contributed by atoms with E-state index >= 15 is 0 Å². The van der Waals surface area contributed by atoms with Crippen molar-refractivity contribution < 1.29 is 4.79 Å². The Labute approximate surface area is 180 Å². The zero-order chi connectivity index (χ0) is 20.5. The number of carbonyl (C=O) groups is 1. The first kappa shape index (κ1) is 19.7. The monoisotopic (exact) mass is 424 g/mol. The molecule has 2 aliphatic rings. The maximum atomic E-state index is 13.5. The van der Waals surface area contributed by atoms with E-state index in [4.69, 9.17) is 4.98 Å². The van der Waals surface area contributed by atoms with E-state index in [1.165, 1.54) is 0 Å². The zero-order valence-corrected chi connectivity index (χ0v) is 18.2. The summed E-state index contributed by atoms with van der Waals surface area (Å²) < 4.78 is 2.11. The summed E-state index contributed by atoms with van der Waals surface area (Å²) in [7, 11) is 2.12. The van der Waals surface area contributed by atoms with Crippen molar-refractivity contribution in [2.24, 2.45) is 0 Å². The van der Waals surface area contributed by atoms with Crippen molar-refractivity contribution in [1.82, 2.24) is 29.1 Å². The van der Waals surface area contributed by atoms with Gasteiger partial charge >= 0.3 is 0 Å². The number of amides is 1. The van der Waals surface area contributed by atoms with Crippen LogP contribution in [0.15, 0.2) is 36.0 Å². The van der Waals surface area contributed by atoms with E-state index < -0.39 is 0 Å². The fourth-order valence-electron chi connectivity index (χ4n) is 4.67. The molecule has 2 aliphatic heterocycles. The van der Waals surface area contributed by atoms with Crippen molar-refractivity contribution >= 4 is 22.2 Å². The Kier molecular flexibility index (Phi) is 5.54. The summed E-state index contributed by atoms with van der Waals surface area (Å²) in [5.74, 6) is 0.0739. The highest BCUT2D eigenvalue weighted by atomic mass is 32.1. The van der Waals surface area contributed by atoms with Crippen molar-refractivity contribution in [3.8, 4) is 0 Å². The van der Waals surface area contributed by atoms with Gasteiger partial charge in [-0.1, -0.05) is 6.07 Å². The molecule has 2 fully saturated rings. The van der Waals surface area contributed by atoms with Crippen LogP contribution in [0.1, 0.15) is 47.2 Å². The largest absolute Gasteiger partial charge is 0.336 e. The van der Waals surface area contributed by atoms with Crippen molar-refractivity contribution in [2.45, 2.75) is 31.8 Å². The molecule has 1 atom stereocenters. The Hall–Kier alpha value is -2.29. The predicted octanol–water partition coefficient (Wildman–Crippen LogP) is 2.91. The highest BCUT2D eigenvalue weighted by Crippen LogP contribution is 2.33. The van der Waals surface area contributed by atoms with Crippen LogP contribution < -0.4 is 0 Å². The molecule has 0 aromatic carbocycles. The van der Waals surface area contributed by atoms with Gasteiger partial charge in [0.25, 0.3) is 5.91 Å².